The number of carboxylic acids is 1. The predicted molar refractivity (Wildman–Crippen MR) is 96.6 cm³/mol. The Kier molecular flexibility index (Phi) is 5.53. The van der Waals surface area contributed by atoms with Gasteiger partial charge in [-0.05, 0) is 38.1 Å². The maximum atomic E-state index is 12.7. The monoisotopic (exact) mass is 376 g/mol. The third-order valence-corrected chi connectivity index (χ3v) is 4.76. The van der Waals surface area contributed by atoms with Crippen LogP contribution in [0, 0.1) is 0 Å². The van der Waals surface area contributed by atoms with E-state index >= 15 is 0 Å². The maximum absolute atomic E-state index is 12.7. The first kappa shape index (κ1) is 18.3. The molecule has 2 aromatic rings. The number of aromatic nitrogens is 1. The van der Waals surface area contributed by atoms with E-state index in [1.165, 1.54) is 16.2 Å². The Morgan fingerprint density at radius 1 is 1.35 bits per heavy atom. The molecule has 1 aromatic heterocycles. The van der Waals surface area contributed by atoms with Gasteiger partial charge < -0.3 is 19.5 Å². The maximum Gasteiger partial charge on any atom is 0.328 e. The molecule has 1 aromatic carbocycles. The van der Waals surface area contributed by atoms with Crippen LogP contribution in [0.4, 0.5) is 0 Å². The van der Waals surface area contributed by atoms with Crippen molar-refractivity contribution in [3.05, 3.63) is 35.3 Å². The quantitative estimate of drug-likeness (QED) is 0.863. The lowest BCUT2D eigenvalue weighted by atomic mass is 10.2. The first-order chi connectivity index (χ1) is 12.5. The molecule has 7 nitrogen and oxygen atoms in total. The zero-order chi connectivity index (χ0) is 18.7. The highest BCUT2D eigenvalue weighted by Crippen LogP contribution is 2.27. The summed E-state index contributed by atoms with van der Waals surface area (Å²) >= 11 is 1.35. The lowest BCUT2D eigenvalue weighted by Gasteiger charge is -2.32. The average molecular weight is 376 g/mol. The van der Waals surface area contributed by atoms with Crippen molar-refractivity contribution < 1.29 is 24.2 Å². The van der Waals surface area contributed by atoms with Gasteiger partial charge in [0.2, 0.25) is 0 Å². The van der Waals surface area contributed by atoms with Gasteiger partial charge in [-0.1, -0.05) is 0 Å². The fraction of sp³-hybridized carbons (Fsp3) is 0.389. The summed E-state index contributed by atoms with van der Waals surface area (Å²) in [5.41, 5.74) is 1.13. The summed E-state index contributed by atoms with van der Waals surface area (Å²) in [7, 11) is 0. The summed E-state index contributed by atoms with van der Waals surface area (Å²) in [5.74, 6) is -0.688. The number of ether oxygens (including phenoxy) is 2. The zero-order valence-electron chi connectivity index (χ0n) is 14.5. The van der Waals surface area contributed by atoms with Crippen molar-refractivity contribution in [2.24, 2.45) is 0 Å². The molecule has 2 heterocycles. The van der Waals surface area contributed by atoms with E-state index in [2.05, 4.69) is 4.98 Å². The number of nitrogens with zero attached hydrogens (tertiary/aromatic N) is 2. The Labute approximate surface area is 155 Å². The topological polar surface area (TPSA) is 89.0 Å². The molecule has 1 aliphatic rings. The number of thiazole rings is 1. The van der Waals surface area contributed by atoms with Gasteiger partial charge in [0.1, 0.15) is 16.5 Å². The average Bonchev–Trinajstić information content (AvgIpc) is 3.11. The molecule has 0 spiro atoms. The highest BCUT2D eigenvalue weighted by atomic mass is 32.1. The zero-order valence-corrected chi connectivity index (χ0v) is 15.4. The molecule has 1 aliphatic heterocycles. The van der Waals surface area contributed by atoms with E-state index in [0.717, 1.165) is 11.3 Å². The molecule has 1 N–H and O–H groups in total. The number of aliphatic carboxylic acids is 1. The molecular weight excluding hydrogens is 356 g/mol. The van der Waals surface area contributed by atoms with Gasteiger partial charge in [-0.25, -0.2) is 9.78 Å². The van der Waals surface area contributed by atoms with E-state index < -0.39 is 12.0 Å². The number of hydrogen-bond acceptors (Lipinski definition) is 6. The van der Waals surface area contributed by atoms with Crippen LogP contribution in [0.5, 0.6) is 5.75 Å². The third-order valence-electron chi connectivity index (χ3n) is 3.87. The molecule has 0 radical (unpaired) electrons. The molecule has 1 fully saturated rings. The minimum atomic E-state index is -1.07. The third kappa shape index (κ3) is 4.03. The number of amides is 1. The van der Waals surface area contributed by atoms with Crippen molar-refractivity contribution >= 4 is 23.2 Å². The van der Waals surface area contributed by atoms with Gasteiger partial charge in [-0.2, -0.15) is 0 Å². The smallest absolute Gasteiger partial charge is 0.328 e. The van der Waals surface area contributed by atoms with Crippen molar-refractivity contribution in [1.29, 1.82) is 0 Å². The summed E-state index contributed by atoms with van der Waals surface area (Å²) in [5, 5.41) is 11.6. The minimum Gasteiger partial charge on any atom is -0.491 e. The second-order valence-corrected chi connectivity index (χ2v) is 7.01. The Balaban J connectivity index is 1.76. The van der Waals surface area contributed by atoms with Crippen molar-refractivity contribution in [2.45, 2.75) is 26.0 Å². The number of carbonyl (C=O) groups excluding carboxylic acids is 1. The summed E-state index contributed by atoms with van der Waals surface area (Å²) < 4.78 is 10.8. The SMILES string of the molecule is CC(C)Oc1ccc(-c2nc(C(=O)N3CCOC[C@H]3C(=O)O)cs2)cc1. The van der Waals surface area contributed by atoms with Crippen molar-refractivity contribution in [3.8, 4) is 16.3 Å². The van der Waals surface area contributed by atoms with E-state index in [4.69, 9.17) is 9.47 Å². The van der Waals surface area contributed by atoms with Crippen LogP contribution in [0.2, 0.25) is 0 Å². The highest BCUT2D eigenvalue weighted by Gasteiger charge is 2.34. The summed E-state index contributed by atoms with van der Waals surface area (Å²) in [6, 6.07) is 6.52. The van der Waals surface area contributed by atoms with Crippen molar-refractivity contribution in [3.63, 3.8) is 0 Å². The van der Waals surface area contributed by atoms with E-state index in [1.807, 2.05) is 38.1 Å². The van der Waals surface area contributed by atoms with Gasteiger partial charge in [-0.3, -0.25) is 4.79 Å². The molecule has 0 unspecified atom stereocenters. The Bertz CT molecular complexity index is 787. The lowest BCUT2D eigenvalue weighted by Crippen LogP contribution is -2.52. The van der Waals surface area contributed by atoms with Gasteiger partial charge in [0.15, 0.2) is 6.04 Å². The summed E-state index contributed by atoms with van der Waals surface area (Å²) in [6.45, 7) is 4.48. The Morgan fingerprint density at radius 2 is 2.08 bits per heavy atom. The van der Waals surface area contributed by atoms with Gasteiger partial charge >= 0.3 is 5.97 Å². The van der Waals surface area contributed by atoms with E-state index in [9.17, 15) is 14.7 Å². The Hall–Kier alpha value is -2.45. The molecule has 3 rings (SSSR count). The lowest BCUT2D eigenvalue weighted by molar-refractivity contribution is -0.147. The number of rotatable bonds is 5. The normalized spacial score (nSPS) is 17.3. The van der Waals surface area contributed by atoms with Gasteiger partial charge in [0.05, 0.1) is 19.3 Å². The van der Waals surface area contributed by atoms with Crippen molar-refractivity contribution in [2.75, 3.05) is 19.8 Å². The molecule has 1 atom stereocenters. The number of carboxylic acid groups (broad SMARTS) is 1. The number of morpholine rings is 1. The molecule has 138 valence electrons. The first-order valence-electron chi connectivity index (χ1n) is 8.30. The largest absolute Gasteiger partial charge is 0.491 e. The number of carbonyl (C=O) groups is 2. The molecule has 26 heavy (non-hydrogen) atoms. The molecule has 0 aliphatic carbocycles. The van der Waals surface area contributed by atoms with Crippen LogP contribution in [0.3, 0.4) is 0 Å². The predicted octanol–water partition coefficient (Wildman–Crippen LogP) is 2.52. The van der Waals surface area contributed by atoms with Gasteiger partial charge in [0.25, 0.3) is 5.91 Å². The minimum absolute atomic E-state index is 0.00458. The summed E-state index contributed by atoms with van der Waals surface area (Å²) in [4.78, 5) is 29.7. The standard InChI is InChI=1S/C18H20N2O5S/c1-11(2)25-13-5-3-12(4-6-13)16-19-14(10-26-16)17(21)20-7-8-24-9-15(20)18(22)23/h3-6,10-11,15H,7-9H2,1-2H3,(H,22,23)/t15-/m0/s1. The Morgan fingerprint density at radius 3 is 2.73 bits per heavy atom. The molecule has 1 saturated heterocycles. The van der Waals surface area contributed by atoms with Crippen LogP contribution in [0.15, 0.2) is 29.6 Å². The van der Waals surface area contributed by atoms with Crippen LogP contribution in [0.25, 0.3) is 10.6 Å². The van der Waals surface area contributed by atoms with Gasteiger partial charge in [-0.15, -0.1) is 11.3 Å². The molecule has 8 heteroatoms. The van der Waals surface area contributed by atoms with E-state index in [0.29, 0.717) is 11.6 Å². The van der Waals surface area contributed by atoms with Crippen molar-refractivity contribution in [1.82, 2.24) is 9.88 Å². The molecule has 1 amide bonds. The number of hydrogen-bond donors (Lipinski definition) is 1. The van der Waals surface area contributed by atoms with Crippen LogP contribution >= 0.6 is 11.3 Å². The molecule has 0 bridgehead atoms. The second-order valence-electron chi connectivity index (χ2n) is 6.16. The highest BCUT2D eigenvalue weighted by molar-refractivity contribution is 7.13. The van der Waals surface area contributed by atoms with E-state index in [1.54, 1.807) is 5.38 Å². The first-order valence-corrected chi connectivity index (χ1v) is 9.18. The number of benzene rings is 1. The van der Waals surface area contributed by atoms with Crippen LogP contribution in [0.1, 0.15) is 24.3 Å². The fourth-order valence-electron chi connectivity index (χ4n) is 2.65. The fourth-order valence-corrected chi connectivity index (χ4v) is 3.45. The van der Waals surface area contributed by atoms with Crippen LogP contribution in [-0.2, 0) is 9.53 Å². The van der Waals surface area contributed by atoms with E-state index in [-0.39, 0.29) is 30.9 Å². The van der Waals surface area contributed by atoms with Crippen LogP contribution < -0.4 is 4.74 Å². The summed E-state index contributed by atoms with van der Waals surface area (Å²) in [6.07, 6.45) is 0.0978. The molecule has 0 saturated carbocycles. The van der Waals surface area contributed by atoms with Gasteiger partial charge in [0, 0.05) is 17.5 Å². The van der Waals surface area contributed by atoms with Crippen LogP contribution in [-0.4, -0.2) is 58.8 Å². The molecular formula is C18H20N2O5S. The second kappa shape index (κ2) is 7.84.